The van der Waals surface area contributed by atoms with Gasteiger partial charge in [0.1, 0.15) is 11.8 Å². The van der Waals surface area contributed by atoms with E-state index in [0.717, 1.165) is 11.1 Å². The van der Waals surface area contributed by atoms with Crippen molar-refractivity contribution in [2.75, 3.05) is 6.61 Å². The summed E-state index contributed by atoms with van der Waals surface area (Å²) in [4.78, 5) is 11.4. The molecule has 4 nitrogen and oxygen atoms in total. The summed E-state index contributed by atoms with van der Waals surface area (Å²) in [7, 11) is 0. The van der Waals surface area contributed by atoms with E-state index in [-0.39, 0.29) is 12.2 Å². The normalized spacial score (nSPS) is 12.2. The molecule has 4 heteroatoms. The lowest BCUT2D eigenvalue weighted by Crippen LogP contribution is -2.34. The Kier molecular flexibility index (Phi) is 4.52. The van der Waals surface area contributed by atoms with Crippen LogP contribution in [-0.2, 0) is 16.0 Å². The van der Waals surface area contributed by atoms with Gasteiger partial charge in [-0.1, -0.05) is 12.1 Å². The van der Waals surface area contributed by atoms with Crippen molar-refractivity contribution in [2.24, 2.45) is 5.73 Å². The molecule has 0 aromatic heterocycles. The van der Waals surface area contributed by atoms with Crippen molar-refractivity contribution in [3.8, 4) is 5.75 Å². The maximum absolute atomic E-state index is 11.4. The molecule has 0 aliphatic rings. The molecular formula is C13H19NO3. The molecule has 0 radical (unpaired) electrons. The van der Waals surface area contributed by atoms with E-state index < -0.39 is 12.0 Å². The second kappa shape index (κ2) is 5.68. The molecule has 0 spiro atoms. The highest BCUT2D eigenvalue weighted by molar-refractivity contribution is 5.76. The third-order valence-corrected chi connectivity index (χ3v) is 2.73. The summed E-state index contributed by atoms with van der Waals surface area (Å²) in [6, 6.07) is 3.01. The van der Waals surface area contributed by atoms with E-state index in [1.54, 1.807) is 6.92 Å². The molecule has 1 aromatic carbocycles. The van der Waals surface area contributed by atoms with Gasteiger partial charge < -0.3 is 15.6 Å². The summed E-state index contributed by atoms with van der Waals surface area (Å²) in [5, 5.41) is 9.93. The van der Waals surface area contributed by atoms with Crippen molar-refractivity contribution >= 4 is 5.97 Å². The summed E-state index contributed by atoms with van der Waals surface area (Å²) < 4.78 is 4.84. The number of aromatic hydroxyl groups is 1. The number of ether oxygens (including phenoxy) is 1. The second-order valence-corrected chi connectivity index (χ2v) is 4.09. The molecule has 1 atom stereocenters. The summed E-state index contributed by atoms with van der Waals surface area (Å²) in [5.74, 6) is -0.224. The van der Waals surface area contributed by atoms with Gasteiger partial charge in [0.15, 0.2) is 0 Å². The lowest BCUT2D eigenvalue weighted by atomic mass is 9.98. The SMILES string of the molecule is CCOC(=O)C(N)Cc1c(C)ccc(C)c1O. The first kappa shape index (κ1) is 13.5. The van der Waals surface area contributed by atoms with Gasteiger partial charge in [-0.3, -0.25) is 4.79 Å². The van der Waals surface area contributed by atoms with E-state index >= 15 is 0 Å². The van der Waals surface area contributed by atoms with Gasteiger partial charge in [0.05, 0.1) is 6.61 Å². The highest BCUT2D eigenvalue weighted by Gasteiger charge is 2.18. The van der Waals surface area contributed by atoms with E-state index in [2.05, 4.69) is 0 Å². The Balaban J connectivity index is 2.88. The highest BCUT2D eigenvalue weighted by atomic mass is 16.5. The second-order valence-electron chi connectivity index (χ2n) is 4.09. The minimum absolute atomic E-state index is 0.213. The van der Waals surface area contributed by atoms with E-state index in [0.29, 0.717) is 12.2 Å². The fourth-order valence-corrected chi connectivity index (χ4v) is 1.66. The van der Waals surface area contributed by atoms with Crippen molar-refractivity contribution in [3.63, 3.8) is 0 Å². The van der Waals surface area contributed by atoms with E-state index in [9.17, 15) is 9.90 Å². The summed E-state index contributed by atoms with van der Waals surface area (Å²) in [6.07, 6.45) is 0.290. The van der Waals surface area contributed by atoms with Crippen LogP contribution in [0.15, 0.2) is 12.1 Å². The largest absolute Gasteiger partial charge is 0.507 e. The smallest absolute Gasteiger partial charge is 0.323 e. The summed E-state index contributed by atoms with van der Waals surface area (Å²) in [6.45, 7) is 5.74. The number of carbonyl (C=O) groups excluding carboxylic acids is 1. The Labute approximate surface area is 101 Å². The van der Waals surface area contributed by atoms with Crippen LogP contribution in [-0.4, -0.2) is 23.7 Å². The first-order valence-electron chi connectivity index (χ1n) is 5.67. The molecule has 1 unspecified atom stereocenters. The average Bonchev–Trinajstić information content (AvgIpc) is 2.29. The number of rotatable bonds is 4. The van der Waals surface area contributed by atoms with E-state index in [1.807, 2.05) is 26.0 Å². The van der Waals surface area contributed by atoms with Crippen LogP contribution in [0.1, 0.15) is 23.6 Å². The Morgan fingerprint density at radius 2 is 2.00 bits per heavy atom. The van der Waals surface area contributed by atoms with Crippen LogP contribution < -0.4 is 5.73 Å². The Hall–Kier alpha value is -1.55. The number of benzene rings is 1. The summed E-state index contributed by atoms with van der Waals surface area (Å²) in [5.41, 5.74) is 8.15. The number of hydrogen-bond acceptors (Lipinski definition) is 4. The maximum atomic E-state index is 11.4. The van der Waals surface area contributed by atoms with Crippen molar-refractivity contribution < 1.29 is 14.6 Å². The third-order valence-electron chi connectivity index (χ3n) is 2.73. The van der Waals surface area contributed by atoms with Gasteiger partial charge in [0.2, 0.25) is 0 Å². The lowest BCUT2D eigenvalue weighted by molar-refractivity contribution is -0.144. The van der Waals surface area contributed by atoms with Crippen LogP contribution >= 0.6 is 0 Å². The molecule has 3 N–H and O–H groups in total. The number of hydrogen-bond donors (Lipinski definition) is 2. The van der Waals surface area contributed by atoms with Gasteiger partial charge in [-0.05, 0) is 37.5 Å². The topological polar surface area (TPSA) is 72.5 Å². The standard InChI is InChI=1S/C13H19NO3/c1-4-17-13(16)11(14)7-10-8(2)5-6-9(3)12(10)15/h5-6,11,15H,4,7,14H2,1-3H3. The molecule has 0 amide bonds. The van der Waals surface area contributed by atoms with Gasteiger partial charge in [0.25, 0.3) is 0 Å². The zero-order chi connectivity index (χ0) is 13.0. The molecule has 0 saturated heterocycles. The van der Waals surface area contributed by atoms with Crippen LogP contribution in [0.2, 0.25) is 0 Å². The van der Waals surface area contributed by atoms with Crippen molar-refractivity contribution in [2.45, 2.75) is 33.2 Å². The van der Waals surface area contributed by atoms with Gasteiger partial charge >= 0.3 is 5.97 Å². The third kappa shape index (κ3) is 3.20. The molecule has 0 aliphatic carbocycles. The summed E-state index contributed by atoms with van der Waals surface area (Å²) >= 11 is 0. The minimum Gasteiger partial charge on any atom is -0.507 e. The molecule has 1 aromatic rings. The van der Waals surface area contributed by atoms with Gasteiger partial charge in [-0.15, -0.1) is 0 Å². The Bertz CT molecular complexity index is 415. The van der Waals surface area contributed by atoms with Crippen molar-refractivity contribution in [1.82, 2.24) is 0 Å². The number of nitrogens with two attached hydrogens (primary N) is 1. The molecule has 0 fully saturated rings. The monoisotopic (exact) mass is 237 g/mol. The van der Waals surface area contributed by atoms with Crippen LogP contribution in [0, 0.1) is 13.8 Å². The maximum Gasteiger partial charge on any atom is 0.323 e. The number of aryl methyl sites for hydroxylation is 2. The molecule has 0 aliphatic heterocycles. The number of phenols is 1. The molecule has 94 valence electrons. The van der Waals surface area contributed by atoms with Gasteiger partial charge in [-0.2, -0.15) is 0 Å². The molecule has 0 saturated carbocycles. The predicted molar refractivity (Wildman–Crippen MR) is 65.9 cm³/mol. The highest BCUT2D eigenvalue weighted by Crippen LogP contribution is 2.26. The first-order chi connectivity index (χ1) is 7.97. The number of phenolic OH excluding ortho intramolecular Hbond substituents is 1. The molecule has 17 heavy (non-hydrogen) atoms. The fourth-order valence-electron chi connectivity index (χ4n) is 1.66. The van der Waals surface area contributed by atoms with Crippen LogP contribution in [0.25, 0.3) is 0 Å². The average molecular weight is 237 g/mol. The molecule has 1 rings (SSSR count). The van der Waals surface area contributed by atoms with Crippen LogP contribution in [0.4, 0.5) is 0 Å². The van der Waals surface area contributed by atoms with Gasteiger partial charge in [-0.25, -0.2) is 0 Å². The predicted octanol–water partition coefficient (Wildman–Crippen LogP) is 1.44. The molecule has 0 heterocycles. The number of carbonyl (C=O) groups is 1. The molecular weight excluding hydrogens is 218 g/mol. The van der Waals surface area contributed by atoms with Crippen molar-refractivity contribution in [3.05, 3.63) is 28.8 Å². The zero-order valence-corrected chi connectivity index (χ0v) is 10.5. The minimum atomic E-state index is -0.735. The van der Waals surface area contributed by atoms with Gasteiger partial charge in [0, 0.05) is 6.42 Å². The fraction of sp³-hybridized carbons (Fsp3) is 0.462. The zero-order valence-electron chi connectivity index (χ0n) is 10.5. The van der Waals surface area contributed by atoms with Crippen LogP contribution in [0.3, 0.4) is 0 Å². The van der Waals surface area contributed by atoms with E-state index in [1.165, 1.54) is 0 Å². The number of esters is 1. The quantitative estimate of drug-likeness (QED) is 0.777. The van der Waals surface area contributed by atoms with Crippen molar-refractivity contribution in [1.29, 1.82) is 0 Å². The van der Waals surface area contributed by atoms with Crippen LogP contribution in [0.5, 0.6) is 5.75 Å². The van der Waals surface area contributed by atoms with E-state index in [4.69, 9.17) is 10.5 Å². The molecule has 0 bridgehead atoms. The Morgan fingerprint density at radius 3 is 2.59 bits per heavy atom. The first-order valence-corrected chi connectivity index (χ1v) is 5.67. The Morgan fingerprint density at radius 1 is 1.41 bits per heavy atom. The lowest BCUT2D eigenvalue weighted by Gasteiger charge is -2.14.